The average molecular weight is 321 g/mol. The lowest BCUT2D eigenvalue weighted by Crippen LogP contribution is -2.53. The highest BCUT2D eigenvalue weighted by atomic mass is 35.5. The third-order valence-electron chi connectivity index (χ3n) is 4.14. The van der Waals surface area contributed by atoms with Crippen LogP contribution in [0.2, 0.25) is 0 Å². The molecule has 118 valence electrons. The molecular weight excluding hydrogens is 300 g/mol. The number of nitrogens with one attached hydrogen (secondary N) is 1. The molecule has 5 nitrogen and oxygen atoms in total. The van der Waals surface area contributed by atoms with Gasteiger partial charge in [0.1, 0.15) is 0 Å². The molecule has 1 amide bonds. The minimum Gasteiger partial charge on any atom is -0.344 e. The van der Waals surface area contributed by atoms with E-state index in [0.29, 0.717) is 18.2 Å². The van der Waals surface area contributed by atoms with Crippen LogP contribution < -0.4 is 11.1 Å². The summed E-state index contributed by atoms with van der Waals surface area (Å²) in [5, 5.41) is 7.39. The first kappa shape index (κ1) is 16.5. The summed E-state index contributed by atoms with van der Waals surface area (Å²) in [4.78, 5) is 12.4. The van der Waals surface area contributed by atoms with E-state index in [1.165, 1.54) is 0 Å². The number of halogens is 1. The Morgan fingerprint density at radius 2 is 2.05 bits per heavy atom. The SMILES string of the molecule is CC(CN)(NC(=O)c1ccn(-c2ccccc2)n1)C1CC1.Cl. The van der Waals surface area contributed by atoms with E-state index in [1.54, 1.807) is 16.9 Å². The molecule has 0 radical (unpaired) electrons. The van der Waals surface area contributed by atoms with E-state index in [9.17, 15) is 4.79 Å². The van der Waals surface area contributed by atoms with Crippen LogP contribution in [0.1, 0.15) is 30.3 Å². The number of para-hydroxylation sites is 1. The van der Waals surface area contributed by atoms with Crippen LogP contribution in [-0.2, 0) is 0 Å². The van der Waals surface area contributed by atoms with E-state index in [0.717, 1.165) is 18.5 Å². The molecule has 0 saturated heterocycles. The van der Waals surface area contributed by atoms with Crippen LogP contribution >= 0.6 is 12.4 Å². The van der Waals surface area contributed by atoms with Crippen LogP contribution in [0.5, 0.6) is 0 Å². The first-order chi connectivity index (χ1) is 10.1. The van der Waals surface area contributed by atoms with E-state index >= 15 is 0 Å². The Morgan fingerprint density at radius 1 is 1.36 bits per heavy atom. The van der Waals surface area contributed by atoms with Gasteiger partial charge in [-0.15, -0.1) is 12.4 Å². The van der Waals surface area contributed by atoms with Gasteiger partial charge in [-0.05, 0) is 43.9 Å². The van der Waals surface area contributed by atoms with Crippen LogP contribution in [-0.4, -0.2) is 27.8 Å². The molecule has 1 fully saturated rings. The number of hydrogen-bond acceptors (Lipinski definition) is 3. The molecule has 0 spiro atoms. The second-order valence-electron chi connectivity index (χ2n) is 5.83. The molecule has 2 aromatic rings. The lowest BCUT2D eigenvalue weighted by atomic mass is 9.96. The Kier molecular flexibility index (Phi) is 4.88. The van der Waals surface area contributed by atoms with Crippen LogP contribution in [0, 0.1) is 5.92 Å². The van der Waals surface area contributed by atoms with Gasteiger partial charge < -0.3 is 11.1 Å². The number of nitrogens with zero attached hydrogens (tertiary/aromatic N) is 2. The highest BCUT2D eigenvalue weighted by Gasteiger charge is 2.41. The van der Waals surface area contributed by atoms with Crippen molar-refractivity contribution in [3.05, 3.63) is 48.3 Å². The predicted octanol–water partition coefficient (Wildman–Crippen LogP) is 2.15. The largest absolute Gasteiger partial charge is 0.344 e. The summed E-state index contributed by atoms with van der Waals surface area (Å²) in [6.45, 7) is 2.46. The summed E-state index contributed by atoms with van der Waals surface area (Å²) in [5.74, 6) is 0.326. The molecule has 3 rings (SSSR count). The molecule has 1 aliphatic carbocycles. The Balaban J connectivity index is 0.00000176. The molecule has 3 N–H and O–H groups in total. The molecule has 1 aromatic carbocycles. The average Bonchev–Trinajstić information content (AvgIpc) is 3.26. The number of hydrogen-bond donors (Lipinski definition) is 2. The van der Waals surface area contributed by atoms with Gasteiger partial charge in [0, 0.05) is 12.7 Å². The van der Waals surface area contributed by atoms with Crippen molar-refractivity contribution in [1.29, 1.82) is 0 Å². The predicted molar refractivity (Wildman–Crippen MR) is 88.5 cm³/mol. The number of nitrogens with two attached hydrogens (primary N) is 1. The molecule has 0 bridgehead atoms. The summed E-state index contributed by atoms with van der Waals surface area (Å²) < 4.78 is 1.70. The fourth-order valence-corrected chi connectivity index (χ4v) is 2.53. The smallest absolute Gasteiger partial charge is 0.272 e. The highest BCUT2D eigenvalue weighted by molar-refractivity contribution is 5.92. The maximum Gasteiger partial charge on any atom is 0.272 e. The van der Waals surface area contributed by atoms with Gasteiger partial charge in [0.05, 0.1) is 11.2 Å². The molecule has 1 aliphatic rings. The van der Waals surface area contributed by atoms with E-state index in [-0.39, 0.29) is 23.9 Å². The number of carbonyl (C=O) groups is 1. The number of benzene rings is 1. The van der Waals surface area contributed by atoms with E-state index < -0.39 is 0 Å². The summed E-state index contributed by atoms with van der Waals surface area (Å²) in [6.07, 6.45) is 4.06. The lowest BCUT2D eigenvalue weighted by molar-refractivity contribution is 0.0892. The van der Waals surface area contributed by atoms with Crippen LogP contribution in [0.4, 0.5) is 0 Å². The molecule has 22 heavy (non-hydrogen) atoms. The highest BCUT2D eigenvalue weighted by Crippen LogP contribution is 2.39. The molecule has 0 aliphatic heterocycles. The van der Waals surface area contributed by atoms with Crippen molar-refractivity contribution in [2.45, 2.75) is 25.3 Å². The maximum absolute atomic E-state index is 12.4. The number of rotatable bonds is 5. The van der Waals surface area contributed by atoms with Gasteiger partial charge in [-0.25, -0.2) is 4.68 Å². The molecule has 1 heterocycles. The summed E-state index contributed by atoms with van der Waals surface area (Å²) in [7, 11) is 0. The van der Waals surface area contributed by atoms with E-state index in [2.05, 4.69) is 10.4 Å². The quantitative estimate of drug-likeness (QED) is 0.886. The normalized spacial score (nSPS) is 16.5. The lowest BCUT2D eigenvalue weighted by Gasteiger charge is -2.29. The Hall–Kier alpha value is -1.85. The monoisotopic (exact) mass is 320 g/mol. The fourth-order valence-electron chi connectivity index (χ4n) is 2.53. The van der Waals surface area contributed by atoms with Gasteiger partial charge in [-0.3, -0.25) is 4.79 Å². The summed E-state index contributed by atoms with van der Waals surface area (Å²) in [6, 6.07) is 11.4. The number of amides is 1. The van der Waals surface area contributed by atoms with Crippen LogP contribution in [0.15, 0.2) is 42.6 Å². The van der Waals surface area contributed by atoms with E-state index in [4.69, 9.17) is 5.73 Å². The zero-order chi connectivity index (χ0) is 14.9. The molecule has 1 aromatic heterocycles. The fraction of sp³-hybridized carbons (Fsp3) is 0.375. The standard InChI is InChI=1S/C16H20N4O.ClH/c1-16(11-17,12-7-8-12)18-15(21)14-9-10-20(19-14)13-5-3-2-4-6-13;/h2-6,9-10,12H,7-8,11,17H2,1H3,(H,18,21);1H. The van der Waals surface area contributed by atoms with Gasteiger partial charge in [-0.1, -0.05) is 18.2 Å². The van der Waals surface area contributed by atoms with Crippen molar-refractivity contribution < 1.29 is 4.79 Å². The second kappa shape index (κ2) is 6.50. The van der Waals surface area contributed by atoms with Crippen molar-refractivity contribution in [3.63, 3.8) is 0 Å². The molecule has 6 heteroatoms. The Morgan fingerprint density at radius 3 is 2.64 bits per heavy atom. The first-order valence-corrected chi connectivity index (χ1v) is 7.26. The Bertz CT molecular complexity index is 639. The van der Waals surface area contributed by atoms with Crippen LogP contribution in [0.3, 0.4) is 0 Å². The first-order valence-electron chi connectivity index (χ1n) is 7.26. The van der Waals surface area contributed by atoms with Gasteiger partial charge >= 0.3 is 0 Å². The summed E-state index contributed by atoms with van der Waals surface area (Å²) >= 11 is 0. The van der Waals surface area contributed by atoms with Gasteiger partial charge in [0.25, 0.3) is 5.91 Å². The summed E-state index contributed by atoms with van der Waals surface area (Å²) in [5.41, 5.74) is 6.85. The van der Waals surface area contributed by atoms with Crippen molar-refractivity contribution in [3.8, 4) is 5.69 Å². The van der Waals surface area contributed by atoms with Crippen LogP contribution in [0.25, 0.3) is 5.69 Å². The topological polar surface area (TPSA) is 72.9 Å². The minimum atomic E-state index is -0.326. The number of aromatic nitrogens is 2. The van der Waals surface area contributed by atoms with Crippen molar-refractivity contribution >= 4 is 18.3 Å². The van der Waals surface area contributed by atoms with Gasteiger partial charge in [0.15, 0.2) is 5.69 Å². The zero-order valence-electron chi connectivity index (χ0n) is 12.5. The maximum atomic E-state index is 12.4. The van der Waals surface area contributed by atoms with Crippen molar-refractivity contribution in [2.24, 2.45) is 11.7 Å². The second-order valence-corrected chi connectivity index (χ2v) is 5.83. The van der Waals surface area contributed by atoms with Gasteiger partial charge in [-0.2, -0.15) is 5.10 Å². The molecule has 1 unspecified atom stereocenters. The Labute approximate surface area is 136 Å². The van der Waals surface area contributed by atoms with E-state index in [1.807, 2.05) is 37.3 Å². The third kappa shape index (κ3) is 3.31. The van der Waals surface area contributed by atoms with Crippen molar-refractivity contribution in [2.75, 3.05) is 6.54 Å². The zero-order valence-corrected chi connectivity index (χ0v) is 13.3. The third-order valence-corrected chi connectivity index (χ3v) is 4.14. The molecule has 1 atom stereocenters. The minimum absolute atomic E-state index is 0. The van der Waals surface area contributed by atoms with Gasteiger partial charge in [0.2, 0.25) is 0 Å². The van der Waals surface area contributed by atoms with Crippen molar-refractivity contribution in [1.82, 2.24) is 15.1 Å². The molecular formula is C16H21ClN4O. The number of carbonyl (C=O) groups excluding carboxylic acids is 1. The molecule has 1 saturated carbocycles.